The molecule has 1 aliphatic rings. The highest BCUT2D eigenvalue weighted by atomic mass is 16.6. The van der Waals surface area contributed by atoms with E-state index in [2.05, 4.69) is 4.74 Å². The van der Waals surface area contributed by atoms with Crippen LogP contribution in [0, 0.1) is 0 Å². The fraction of sp³-hybridized carbons (Fsp3) is 0.417. The van der Waals surface area contributed by atoms with E-state index in [0.29, 0.717) is 26.1 Å². The molecule has 0 amide bonds. The molecule has 1 heterocycles. The third kappa shape index (κ3) is 2.45. The minimum absolute atomic E-state index is 0.199. The smallest absolute Gasteiger partial charge is 0.305 e. The Morgan fingerprint density at radius 3 is 2.81 bits per heavy atom. The summed E-state index contributed by atoms with van der Waals surface area (Å²) in [7, 11) is 1.39. The van der Waals surface area contributed by atoms with E-state index in [1.807, 2.05) is 18.2 Å². The Balaban J connectivity index is 2.03. The van der Waals surface area contributed by atoms with Gasteiger partial charge in [0.05, 0.1) is 7.11 Å². The first kappa shape index (κ1) is 10.8. The van der Waals surface area contributed by atoms with Crippen LogP contribution in [0.25, 0.3) is 0 Å². The fourth-order valence-electron chi connectivity index (χ4n) is 1.59. The van der Waals surface area contributed by atoms with Crippen molar-refractivity contribution in [3.8, 4) is 11.5 Å². The van der Waals surface area contributed by atoms with Gasteiger partial charge in [0.15, 0.2) is 11.5 Å². The molecule has 0 fully saturated rings. The molecule has 0 spiro atoms. The second kappa shape index (κ2) is 4.88. The van der Waals surface area contributed by atoms with E-state index in [-0.39, 0.29) is 5.97 Å². The Bertz CT molecular complexity index is 387. The van der Waals surface area contributed by atoms with E-state index >= 15 is 0 Å². The molecule has 0 atom stereocenters. The second-order valence-corrected chi connectivity index (χ2v) is 3.55. The highest BCUT2D eigenvalue weighted by molar-refractivity contribution is 5.69. The minimum Gasteiger partial charge on any atom is -0.486 e. The molecule has 0 radical (unpaired) electrons. The lowest BCUT2D eigenvalue weighted by Gasteiger charge is -2.18. The van der Waals surface area contributed by atoms with Gasteiger partial charge in [0.2, 0.25) is 0 Å². The zero-order valence-electron chi connectivity index (χ0n) is 9.19. The standard InChI is InChI=1S/C12H14O4/c1-14-12(13)5-3-9-2-4-10-11(8-9)16-7-6-15-10/h2,4,8H,3,5-7H2,1H3. The van der Waals surface area contributed by atoms with E-state index in [1.165, 1.54) is 7.11 Å². The van der Waals surface area contributed by atoms with Crippen LogP contribution in [0.1, 0.15) is 12.0 Å². The topological polar surface area (TPSA) is 44.8 Å². The summed E-state index contributed by atoms with van der Waals surface area (Å²) in [5.74, 6) is 1.33. The van der Waals surface area contributed by atoms with Gasteiger partial charge in [-0.05, 0) is 24.1 Å². The van der Waals surface area contributed by atoms with Crippen LogP contribution in [0.3, 0.4) is 0 Å². The Kier molecular flexibility index (Phi) is 3.29. The molecule has 16 heavy (non-hydrogen) atoms. The van der Waals surface area contributed by atoms with Crippen molar-refractivity contribution in [2.75, 3.05) is 20.3 Å². The Morgan fingerprint density at radius 2 is 2.06 bits per heavy atom. The molecule has 1 aliphatic heterocycles. The zero-order chi connectivity index (χ0) is 11.4. The van der Waals surface area contributed by atoms with Gasteiger partial charge in [-0.1, -0.05) is 6.07 Å². The van der Waals surface area contributed by atoms with Gasteiger partial charge in [-0.3, -0.25) is 4.79 Å². The number of methoxy groups -OCH3 is 1. The van der Waals surface area contributed by atoms with Gasteiger partial charge < -0.3 is 14.2 Å². The number of carbonyl (C=O) groups excluding carboxylic acids is 1. The molecule has 0 saturated heterocycles. The number of ether oxygens (including phenoxy) is 3. The molecular weight excluding hydrogens is 208 g/mol. The Hall–Kier alpha value is -1.71. The summed E-state index contributed by atoms with van der Waals surface area (Å²) >= 11 is 0. The first-order valence-corrected chi connectivity index (χ1v) is 5.25. The average Bonchev–Trinajstić information content (AvgIpc) is 2.35. The van der Waals surface area contributed by atoms with Crippen molar-refractivity contribution < 1.29 is 19.0 Å². The van der Waals surface area contributed by atoms with Crippen LogP contribution < -0.4 is 9.47 Å². The lowest BCUT2D eigenvalue weighted by Crippen LogP contribution is -2.15. The first-order chi connectivity index (χ1) is 7.79. The van der Waals surface area contributed by atoms with E-state index in [4.69, 9.17) is 9.47 Å². The highest BCUT2D eigenvalue weighted by Crippen LogP contribution is 2.30. The summed E-state index contributed by atoms with van der Waals surface area (Å²) in [5.41, 5.74) is 1.05. The molecule has 0 unspecified atom stereocenters. The molecule has 0 aliphatic carbocycles. The van der Waals surface area contributed by atoms with Gasteiger partial charge in [0.1, 0.15) is 13.2 Å². The largest absolute Gasteiger partial charge is 0.486 e. The molecule has 86 valence electrons. The van der Waals surface area contributed by atoms with E-state index < -0.39 is 0 Å². The zero-order valence-corrected chi connectivity index (χ0v) is 9.19. The minimum atomic E-state index is -0.199. The van der Waals surface area contributed by atoms with Crippen LogP contribution in [-0.4, -0.2) is 26.3 Å². The van der Waals surface area contributed by atoms with Crippen LogP contribution in [0.5, 0.6) is 11.5 Å². The van der Waals surface area contributed by atoms with Gasteiger partial charge in [-0.15, -0.1) is 0 Å². The third-order valence-corrected chi connectivity index (χ3v) is 2.45. The molecule has 0 aromatic heterocycles. The predicted octanol–water partition coefficient (Wildman–Crippen LogP) is 1.56. The highest BCUT2D eigenvalue weighted by Gasteiger charge is 2.12. The van der Waals surface area contributed by atoms with E-state index in [9.17, 15) is 4.79 Å². The normalized spacial score (nSPS) is 13.3. The molecular formula is C12H14O4. The van der Waals surface area contributed by atoms with Gasteiger partial charge in [0.25, 0.3) is 0 Å². The number of hydrogen-bond donors (Lipinski definition) is 0. The van der Waals surface area contributed by atoms with Crippen LogP contribution in [0.15, 0.2) is 18.2 Å². The second-order valence-electron chi connectivity index (χ2n) is 3.55. The van der Waals surface area contributed by atoms with Crippen molar-refractivity contribution >= 4 is 5.97 Å². The lowest BCUT2D eigenvalue weighted by molar-refractivity contribution is -0.140. The Morgan fingerprint density at radius 1 is 1.31 bits per heavy atom. The summed E-state index contributed by atoms with van der Waals surface area (Å²) in [6.07, 6.45) is 1.04. The number of carbonyl (C=O) groups is 1. The average molecular weight is 222 g/mol. The van der Waals surface area contributed by atoms with E-state index in [1.54, 1.807) is 0 Å². The number of aryl methyl sites for hydroxylation is 1. The number of fused-ring (bicyclic) bond motifs is 1. The van der Waals surface area contributed by atoms with Crippen LogP contribution in [0.4, 0.5) is 0 Å². The monoisotopic (exact) mass is 222 g/mol. The summed E-state index contributed by atoms with van der Waals surface area (Å²) in [4.78, 5) is 11.0. The third-order valence-electron chi connectivity index (χ3n) is 2.45. The van der Waals surface area contributed by atoms with Crippen molar-refractivity contribution in [2.24, 2.45) is 0 Å². The molecule has 0 saturated carbocycles. The van der Waals surface area contributed by atoms with Crippen LogP contribution >= 0.6 is 0 Å². The maximum Gasteiger partial charge on any atom is 0.305 e. The molecule has 4 nitrogen and oxygen atoms in total. The number of hydrogen-bond acceptors (Lipinski definition) is 4. The molecule has 1 aromatic rings. The summed E-state index contributed by atoms with van der Waals surface area (Å²) < 4.78 is 15.5. The summed E-state index contributed by atoms with van der Waals surface area (Å²) in [6.45, 7) is 1.17. The van der Waals surface area contributed by atoms with Crippen molar-refractivity contribution in [1.82, 2.24) is 0 Å². The number of benzene rings is 1. The maximum absolute atomic E-state index is 11.0. The van der Waals surface area contributed by atoms with Crippen molar-refractivity contribution in [3.05, 3.63) is 23.8 Å². The quantitative estimate of drug-likeness (QED) is 0.728. The summed E-state index contributed by atoms with van der Waals surface area (Å²) in [6, 6.07) is 5.73. The fourth-order valence-corrected chi connectivity index (χ4v) is 1.59. The van der Waals surface area contributed by atoms with Gasteiger partial charge >= 0.3 is 5.97 Å². The molecule has 0 N–H and O–H groups in total. The molecule has 2 rings (SSSR count). The van der Waals surface area contributed by atoms with Gasteiger partial charge in [0, 0.05) is 6.42 Å². The molecule has 1 aromatic carbocycles. The van der Waals surface area contributed by atoms with Crippen molar-refractivity contribution in [2.45, 2.75) is 12.8 Å². The molecule has 4 heteroatoms. The van der Waals surface area contributed by atoms with Crippen LogP contribution in [0.2, 0.25) is 0 Å². The van der Waals surface area contributed by atoms with Gasteiger partial charge in [-0.2, -0.15) is 0 Å². The SMILES string of the molecule is COC(=O)CCc1ccc2c(c1)OCCO2. The Labute approximate surface area is 94.1 Å². The predicted molar refractivity (Wildman–Crippen MR) is 57.8 cm³/mol. The molecule has 0 bridgehead atoms. The van der Waals surface area contributed by atoms with Crippen molar-refractivity contribution in [3.63, 3.8) is 0 Å². The van der Waals surface area contributed by atoms with Crippen LogP contribution in [-0.2, 0) is 16.0 Å². The number of rotatable bonds is 3. The van der Waals surface area contributed by atoms with E-state index in [0.717, 1.165) is 17.1 Å². The first-order valence-electron chi connectivity index (χ1n) is 5.25. The lowest BCUT2D eigenvalue weighted by atomic mass is 10.1. The van der Waals surface area contributed by atoms with Gasteiger partial charge in [-0.25, -0.2) is 0 Å². The maximum atomic E-state index is 11.0. The summed E-state index contributed by atoms with van der Waals surface area (Å²) in [5, 5.41) is 0. The number of esters is 1. The van der Waals surface area contributed by atoms with Crippen molar-refractivity contribution in [1.29, 1.82) is 0 Å².